The van der Waals surface area contributed by atoms with Crippen LogP contribution in [0.3, 0.4) is 0 Å². The van der Waals surface area contributed by atoms with Gasteiger partial charge in [-0.1, -0.05) is 17.7 Å². The van der Waals surface area contributed by atoms with Gasteiger partial charge in [-0.05, 0) is 46.3 Å². The molecular weight excluding hydrogens is 388 g/mol. The summed E-state index contributed by atoms with van der Waals surface area (Å²) in [6.45, 7) is 0.465. The highest BCUT2D eigenvalue weighted by atomic mass is 79.9. The highest BCUT2D eigenvalue weighted by molar-refractivity contribution is 9.10. The van der Waals surface area contributed by atoms with E-state index >= 15 is 0 Å². The van der Waals surface area contributed by atoms with E-state index in [1.165, 1.54) is 6.07 Å². The van der Waals surface area contributed by atoms with Crippen LogP contribution in [0.1, 0.15) is 10.6 Å². The molecule has 23 heavy (non-hydrogen) atoms. The van der Waals surface area contributed by atoms with Crippen molar-refractivity contribution < 1.29 is 18.7 Å². The fourth-order valence-corrected chi connectivity index (χ4v) is 2.15. The maximum absolute atomic E-state index is 11.7. The number of benzene rings is 1. The van der Waals surface area contributed by atoms with Gasteiger partial charge < -0.3 is 19.8 Å². The van der Waals surface area contributed by atoms with Crippen LogP contribution in [-0.2, 0) is 4.79 Å². The number of nitrogens with one attached hydrogen (secondary N) is 2. The van der Waals surface area contributed by atoms with E-state index in [-0.39, 0.29) is 18.2 Å². The van der Waals surface area contributed by atoms with E-state index in [0.717, 1.165) is 0 Å². The second kappa shape index (κ2) is 8.59. The lowest BCUT2D eigenvalue weighted by molar-refractivity contribution is -0.120. The van der Waals surface area contributed by atoms with Crippen molar-refractivity contribution in [1.29, 1.82) is 0 Å². The van der Waals surface area contributed by atoms with Crippen molar-refractivity contribution in [2.45, 2.75) is 0 Å². The van der Waals surface area contributed by atoms with Crippen LogP contribution in [0.4, 0.5) is 0 Å². The lowest BCUT2D eigenvalue weighted by atomic mass is 10.3. The first-order valence-corrected chi connectivity index (χ1v) is 7.90. The summed E-state index contributed by atoms with van der Waals surface area (Å²) in [5.74, 6) is -0.0166. The molecule has 1 heterocycles. The number of furan rings is 1. The summed E-state index contributed by atoms with van der Waals surface area (Å²) in [6, 6.07) is 10.1. The Bertz CT molecular complexity index is 690. The Kier molecular flexibility index (Phi) is 6.49. The number of carbonyl (C=O) groups excluding carboxylic acids is 2. The summed E-state index contributed by atoms with van der Waals surface area (Å²) in [7, 11) is 0. The Hall–Kier alpha value is -1.99. The number of carbonyl (C=O) groups is 2. The van der Waals surface area contributed by atoms with Crippen LogP contribution in [0.15, 0.2) is 45.5 Å². The number of hydrogen-bond acceptors (Lipinski definition) is 4. The number of ether oxygens (including phenoxy) is 1. The SMILES string of the molecule is O=C(CNC(=O)c1ccc(Br)o1)NCCOc1cccc(Cl)c1. The number of amides is 2. The van der Waals surface area contributed by atoms with Crippen LogP contribution in [0.25, 0.3) is 0 Å². The van der Waals surface area contributed by atoms with Crippen molar-refractivity contribution in [3.8, 4) is 5.75 Å². The summed E-state index contributed by atoms with van der Waals surface area (Å²) in [5, 5.41) is 5.66. The predicted octanol–water partition coefficient (Wildman–Crippen LogP) is 2.62. The molecule has 8 heteroatoms. The van der Waals surface area contributed by atoms with Gasteiger partial charge in [-0.2, -0.15) is 0 Å². The van der Waals surface area contributed by atoms with Crippen molar-refractivity contribution in [3.05, 3.63) is 51.9 Å². The zero-order valence-electron chi connectivity index (χ0n) is 12.0. The molecule has 0 atom stereocenters. The van der Waals surface area contributed by atoms with E-state index in [1.807, 2.05) is 0 Å². The smallest absolute Gasteiger partial charge is 0.287 e. The molecule has 0 aliphatic carbocycles. The minimum Gasteiger partial charge on any atom is -0.492 e. The second-order valence-corrected chi connectivity index (χ2v) is 5.66. The Balaban J connectivity index is 1.62. The summed E-state index contributed by atoms with van der Waals surface area (Å²) < 4.78 is 11.0. The van der Waals surface area contributed by atoms with Crippen molar-refractivity contribution in [2.75, 3.05) is 19.7 Å². The fraction of sp³-hybridized carbons (Fsp3) is 0.200. The largest absolute Gasteiger partial charge is 0.492 e. The molecule has 0 aliphatic rings. The third-order valence-corrected chi connectivity index (χ3v) is 3.36. The lowest BCUT2D eigenvalue weighted by Crippen LogP contribution is -2.38. The van der Waals surface area contributed by atoms with E-state index in [9.17, 15) is 9.59 Å². The first-order chi connectivity index (χ1) is 11.0. The van der Waals surface area contributed by atoms with E-state index in [2.05, 4.69) is 26.6 Å². The summed E-state index contributed by atoms with van der Waals surface area (Å²) >= 11 is 8.93. The molecule has 0 unspecified atom stereocenters. The Labute approximate surface area is 146 Å². The van der Waals surface area contributed by atoms with Gasteiger partial charge in [-0.25, -0.2) is 0 Å². The molecule has 2 amide bonds. The maximum atomic E-state index is 11.7. The Morgan fingerprint density at radius 1 is 1.22 bits per heavy atom. The number of rotatable bonds is 7. The van der Waals surface area contributed by atoms with Crippen LogP contribution in [0.2, 0.25) is 5.02 Å². The van der Waals surface area contributed by atoms with Crippen LogP contribution in [0, 0.1) is 0 Å². The van der Waals surface area contributed by atoms with Crippen molar-refractivity contribution in [3.63, 3.8) is 0 Å². The first-order valence-electron chi connectivity index (χ1n) is 6.73. The zero-order chi connectivity index (χ0) is 16.7. The molecule has 2 rings (SSSR count). The maximum Gasteiger partial charge on any atom is 0.287 e. The van der Waals surface area contributed by atoms with Crippen LogP contribution in [0.5, 0.6) is 5.75 Å². The van der Waals surface area contributed by atoms with Gasteiger partial charge in [0.1, 0.15) is 12.4 Å². The molecule has 1 aromatic carbocycles. The molecule has 0 aliphatic heterocycles. The third-order valence-electron chi connectivity index (χ3n) is 2.70. The van der Waals surface area contributed by atoms with Crippen LogP contribution < -0.4 is 15.4 Å². The minimum absolute atomic E-state index is 0.133. The van der Waals surface area contributed by atoms with Gasteiger partial charge in [0.15, 0.2) is 10.4 Å². The molecule has 0 bridgehead atoms. The Morgan fingerprint density at radius 3 is 2.74 bits per heavy atom. The molecule has 1 aromatic heterocycles. The topological polar surface area (TPSA) is 80.6 Å². The molecule has 6 nitrogen and oxygen atoms in total. The average Bonchev–Trinajstić information content (AvgIpc) is 2.96. The summed E-state index contributed by atoms with van der Waals surface area (Å²) in [6.07, 6.45) is 0. The van der Waals surface area contributed by atoms with Gasteiger partial charge in [0.05, 0.1) is 13.1 Å². The molecule has 0 spiro atoms. The number of hydrogen-bond donors (Lipinski definition) is 2. The monoisotopic (exact) mass is 400 g/mol. The van der Waals surface area contributed by atoms with Gasteiger partial charge in [-0.3, -0.25) is 9.59 Å². The molecule has 0 saturated carbocycles. The zero-order valence-corrected chi connectivity index (χ0v) is 14.3. The fourth-order valence-electron chi connectivity index (χ4n) is 1.66. The van der Waals surface area contributed by atoms with E-state index in [0.29, 0.717) is 28.6 Å². The molecule has 122 valence electrons. The van der Waals surface area contributed by atoms with Crippen molar-refractivity contribution in [1.82, 2.24) is 10.6 Å². The molecule has 2 N–H and O–H groups in total. The summed E-state index contributed by atoms with van der Waals surface area (Å²) in [4.78, 5) is 23.3. The van der Waals surface area contributed by atoms with Gasteiger partial charge >= 0.3 is 0 Å². The summed E-state index contributed by atoms with van der Waals surface area (Å²) in [5.41, 5.74) is 0. The highest BCUT2D eigenvalue weighted by Gasteiger charge is 2.11. The van der Waals surface area contributed by atoms with Crippen molar-refractivity contribution in [2.24, 2.45) is 0 Å². The molecule has 0 radical (unpaired) electrons. The quantitative estimate of drug-likeness (QED) is 0.699. The number of halogens is 2. The molecular formula is C15H14BrClN2O4. The van der Waals surface area contributed by atoms with E-state index < -0.39 is 5.91 Å². The minimum atomic E-state index is -0.457. The second-order valence-electron chi connectivity index (χ2n) is 4.44. The normalized spacial score (nSPS) is 10.2. The van der Waals surface area contributed by atoms with Gasteiger partial charge in [0.2, 0.25) is 5.91 Å². The highest BCUT2D eigenvalue weighted by Crippen LogP contribution is 2.16. The predicted molar refractivity (Wildman–Crippen MR) is 88.7 cm³/mol. The van der Waals surface area contributed by atoms with Crippen LogP contribution in [-0.4, -0.2) is 31.5 Å². The lowest BCUT2D eigenvalue weighted by Gasteiger charge is -2.08. The van der Waals surface area contributed by atoms with Gasteiger partial charge in [0.25, 0.3) is 5.91 Å². The standard InChI is InChI=1S/C15H14BrClN2O4/c16-13-5-4-12(23-13)15(21)19-9-14(20)18-6-7-22-11-3-1-2-10(17)8-11/h1-5,8H,6-7,9H2,(H,18,20)(H,19,21). The molecule has 2 aromatic rings. The average molecular weight is 402 g/mol. The van der Waals surface area contributed by atoms with Crippen molar-refractivity contribution >= 4 is 39.3 Å². The van der Waals surface area contributed by atoms with Crippen LogP contribution >= 0.6 is 27.5 Å². The van der Waals surface area contributed by atoms with E-state index in [1.54, 1.807) is 30.3 Å². The first kappa shape index (κ1) is 17.4. The Morgan fingerprint density at radius 2 is 2.04 bits per heavy atom. The third kappa shape index (κ3) is 5.96. The van der Waals surface area contributed by atoms with E-state index in [4.69, 9.17) is 20.8 Å². The molecule has 0 fully saturated rings. The van der Waals surface area contributed by atoms with Gasteiger partial charge in [-0.15, -0.1) is 0 Å². The van der Waals surface area contributed by atoms with Gasteiger partial charge in [0, 0.05) is 5.02 Å². The molecule has 0 saturated heterocycles.